The first-order valence-electron chi connectivity index (χ1n) is 10.5. The summed E-state index contributed by atoms with van der Waals surface area (Å²) in [6.07, 6.45) is 1.15. The van der Waals surface area contributed by atoms with E-state index in [0.29, 0.717) is 11.3 Å². The Morgan fingerprint density at radius 1 is 1.14 bits per heavy atom. The molecule has 0 saturated heterocycles. The van der Waals surface area contributed by atoms with E-state index in [1.807, 2.05) is 0 Å². The third-order valence-corrected chi connectivity index (χ3v) is 7.96. The predicted molar refractivity (Wildman–Crippen MR) is 129 cm³/mol. The molecule has 2 aromatic carbocycles. The number of hydrogen-bond donors (Lipinski definition) is 1. The van der Waals surface area contributed by atoms with Gasteiger partial charge < -0.3 is 5.11 Å². The fraction of sp³-hybridized carbons (Fsp3) is 0.208. The van der Waals surface area contributed by atoms with Crippen LogP contribution in [0.1, 0.15) is 28.0 Å². The maximum Gasteiger partial charge on any atom is 0.303 e. The summed E-state index contributed by atoms with van der Waals surface area (Å²) in [5.41, 5.74) is 0.720. The van der Waals surface area contributed by atoms with Crippen molar-refractivity contribution in [2.75, 3.05) is 10.8 Å². The summed E-state index contributed by atoms with van der Waals surface area (Å²) >= 11 is 12.0. The summed E-state index contributed by atoms with van der Waals surface area (Å²) in [7, 11) is -4.13. The molecule has 0 bridgehead atoms. The number of carboxylic acid groups (broad SMARTS) is 1. The molecule has 0 spiro atoms. The Hall–Kier alpha value is -3.01. The number of ketones is 1. The Labute approximate surface area is 211 Å². The van der Waals surface area contributed by atoms with Gasteiger partial charge in [0.2, 0.25) is 0 Å². The van der Waals surface area contributed by atoms with Gasteiger partial charge in [-0.05, 0) is 54.3 Å². The Bertz CT molecular complexity index is 1410. The van der Waals surface area contributed by atoms with Crippen LogP contribution in [0.15, 0.2) is 59.6 Å². The number of anilines is 1. The highest BCUT2D eigenvalue weighted by atomic mass is 35.5. The molecule has 7 nitrogen and oxygen atoms in total. The second-order valence-electron chi connectivity index (χ2n) is 8.17. The third-order valence-electron chi connectivity index (χ3n) is 5.63. The smallest absolute Gasteiger partial charge is 0.303 e. The lowest BCUT2D eigenvalue weighted by Crippen LogP contribution is -2.41. The Morgan fingerprint density at radius 2 is 1.89 bits per heavy atom. The second kappa shape index (κ2) is 9.93. The van der Waals surface area contributed by atoms with Crippen LogP contribution in [0.2, 0.25) is 10.0 Å². The number of benzene rings is 2. The van der Waals surface area contributed by atoms with Crippen molar-refractivity contribution in [2.24, 2.45) is 5.92 Å². The highest BCUT2D eigenvalue weighted by Crippen LogP contribution is 2.35. The monoisotopic (exact) mass is 536 g/mol. The molecule has 11 heteroatoms. The minimum absolute atomic E-state index is 0.0254. The highest BCUT2D eigenvalue weighted by molar-refractivity contribution is 7.92. The molecule has 182 valence electrons. The largest absolute Gasteiger partial charge is 0.481 e. The summed E-state index contributed by atoms with van der Waals surface area (Å²) in [5, 5.41) is 9.47. The van der Waals surface area contributed by atoms with Crippen LogP contribution in [0.4, 0.5) is 10.1 Å². The first-order valence-corrected chi connectivity index (χ1v) is 12.7. The lowest BCUT2D eigenvalue weighted by molar-refractivity contribution is -0.138. The fourth-order valence-electron chi connectivity index (χ4n) is 4.07. The van der Waals surface area contributed by atoms with Crippen molar-refractivity contribution in [3.05, 3.63) is 87.4 Å². The third kappa shape index (κ3) is 5.32. The maximum atomic E-state index is 14.2. The van der Waals surface area contributed by atoms with Crippen LogP contribution in [0, 0.1) is 11.7 Å². The summed E-state index contributed by atoms with van der Waals surface area (Å²) in [6.45, 7) is -0.0909. The van der Waals surface area contributed by atoms with Crippen LogP contribution in [0.5, 0.6) is 0 Å². The normalized spacial score (nSPS) is 15.5. The van der Waals surface area contributed by atoms with Crippen LogP contribution < -0.4 is 4.31 Å². The van der Waals surface area contributed by atoms with E-state index in [4.69, 9.17) is 23.2 Å². The first-order chi connectivity index (χ1) is 16.6. The zero-order valence-electron chi connectivity index (χ0n) is 18.1. The SMILES string of the molecule is O=C(O)C[C@@H]1Cc2ncc(CC(=O)c3c(F)cccc3Cl)cc2N(S(=O)(=O)c2cccc(Cl)c2)C1. The van der Waals surface area contributed by atoms with Crippen molar-refractivity contribution in [2.45, 2.75) is 24.2 Å². The number of aromatic nitrogens is 1. The Kier molecular flexibility index (Phi) is 7.12. The number of carboxylic acids is 1. The molecule has 0 aliphatic carbocycles. The van der Waals surface area contributed by atoms with Crippen LogP contribution in [-0.2, 0) is 27.7 Å². The number of hydrogen-bond acceptors (Lipinski definition) is 5. The molecule has 1 aromatic heterocycles. The first kappa shape index (κ1) is 25.1. The van der Waals surface area contributed by atoms with Crippen molar-refractivity contribution in [1.82, 2.24) is 4.98 Å². The van der Waals surface area contributed by atoms with Crippen LogP contribution in [0.3, 0.4) is 0 Å². The number of carbonyl (C=O) groups excluding carboxylic acids is 1. The standard InChI is InChI=1S/C24H19Cl2FN2O5S/c25-16-3-1-4-17(11-16)35(33,34)29-13-15(10-23(31)32)7-20-21(29)8-14(12-28-20)9-22(30)24-18(26)5-2-6-19(24)27/h1-6,8,11-12,15H,7,9-10,13H2,(H,31,32)/t15-/m0/s1. The van der Waals surface area contributed by atoms with Gasteiger partial charge in [0.1, 0.15) is 5.82 Å². The topological polar surface area (TPSA) is 105 Å². The lowest BCUT2D eigenvalue weighted by Gasteiger charge is -2.34. The fourth-order valence-corrected chi connectivity index (χ4v) is 6.20. The molecular weight excluding hydrogens is 518 g/mol. The van der Waals surface area contributed by atoms with Gasteiger partial charge in [0, 0.05) is 24.2 Å². The van der Waals surface area contributed by atoms with Gasteiger partial charge in [-0.15, -0.1) is 0 Å². The zero-order chi connectivity index (χ0) is 25.3. The minimum Gasteiger partial charge on any atom is -0.481 e. The van der Waals surface area contributed by atoms with E-state index < -0.39 is 33.5 Å². The van der Waals surface area contributed by atoms with Gasteiger partial charge in [-0.2, -0.15) is 0 Å². The van der Waals surface area contributed by atoms with E-state index in [0.717, 1.165) is 10.4 Å². The van der Waals surface area contributed by atoms with Crippen LogP contribution in [-0.4, -0.2) is 36.8 Å². The van der Waals surface area contributed by atoms with Gasteiger partial charge in [0.15, 0.2) is 5.78 Å². The number of pyridine rings is 1. The van der Waals surface area contributed by atoms with Crippen LogP contribution >= 0.6 is 23.2 Å². The van der Waals surface area contributed by atoms with E-state index >= 15 is 0 Å². The van der Waals surface area contributed by atoms with E-state index in [2.05, 4.69) is 4.98 Å². The quantitative estimate of drug-likeness (QED) is 0.435. The second-order valence-corrected chi connectivity index (χ2v) is 10.9. The molecular formula is C24H19Cl2FN2O5S. The molecule has 35 heavy (non-hydrogen) atoms. The molecule has 1 N–H and O–H groups in total. The lowest BCUT2D eigenvalue weighted by atomic mass is 9.93. The van der Waals surface area contributed by atoms with Crippen molar-refractivity contribution >= 4 is 50.7 Å². The molecule has 1 atom stereocenters. The summed E-state index contributed by atoms with van der Waals surface area (Å²) < 4.78 is 42.4. The van der Waals surface area contributed by atoms with Crippen molar-refractivity contribution in [3.8, 4) is 0 Å². The number of carbonyl (C=O) groups is 2. The Morgan fingerprint density at radius 3 is 2.57 bits per heavy atom. The number of aliphatic carboxylic acids is 1. The molecule has 0 radical (unpaired) electrons. The molecule has 0 amide bonds. The molecule has 0 saturated carbocycles. The van der Waals surface area contributed by atoms with Gasteiger partial charge >= 0.3 is 5.97 Å². The number of rotatable bonds is 7. The Balaban J connectivity index is 1.74. The van der Waals surface area contributed by atoms with Crippen molar-refractivity contribution < 1.29 is 27.5 Å². The van der Waals surface area contributed by atoms with Crippen molar-refractivity contribution in [1.29, 1.82) is 0 Å². The van der Waals surface area contributed by atoms with Gasteiger partial charge in [0.25, 0.3) is 10.0 Å². The summed E-state index contributed by atoms with van der Waals surface area (Å²) in [6, 6.07) is 11.2. The predicted octanol–water partition coefficient (Wildman–Crippen LogP) is 4.80. The molecule has 0 fully saturated rings. The molecule has 3 aromatic rings. The number of sulfonamides is 1. The van der Waals surface area contributed by atoms with Crippen LogP contribution in [0.25, 0.3) is 0 Å². The number of halogens is 3. The van der Waals surface area contributed by atoms with Gasteiger partial charge in [-0.3, -0.25) is 18.9 Å². The molecule has 2 heterocycles. The van der Waals surface area contributed by atoms with E-state index in [1.54, 1.807) is 0 Å². The number of Topliss-reactive ketones (excluding diaryl/α,β-unsaturated/α-hetero) is 1. The van der Waals surface area contributed by atoms with Crippen molar-refractivity contribution in [3.63, 3.8) is 0 Å². The molecule has 0 unspecified atom stereocenters. The van der Waals surface area contributed by atoms with Gasteiger partial charge in [0.05, 0.1) is 33.3 Å². The zero-order valence-corrected chi connectivity index (χ0v) is 20.4. The molecule has 4 rings (SSSR count). The van der Waals surface area contributed by atoms with Gasteiger partial charge in [-0.25, -0.2) is 12.8 Å². The highest BCUT2D eigenvalue weighted by Gasteiger charge is 2.35. The van der Waals surface area contributed by atoms with E-state index in [9.17, 15) is 27.5 Å². The average Bonchev–Trinajstić information content (AvgIpc) is 2.78. The molecule has 1 aliphatic rings. The van der Waals surface area contributed by atoms with E-state index in [-0.39, 0.29) is 52.0 Å². The number of fused-ring (bicyclic) bond motifs is 1. The summed E-state index contributed by atoms with van der Waals surface area (Å²) in [5.74, 6) is -2.90. The average molecular weight is 537 g/mol. The van der Waals surface area contributed by atoms with Gasteiger partial charge in [-0.1, -0.05) is 35.3 Å². The minimum atomic E-state index is -4.13. The number of nitrogens with zero attached hydrogens (tertiary/aromatic N) is 2. The van der Waals surface area contributed by atoms with E-state index in [1.165, 1.54) is 48.7 Å². The maximum absolute atomic E-state index is 14.2. The molecule has 1 aliphatic heterocycles. The summed E-state index contributed by atoms with van der Waals surface area (Å²) in [4.78, 5) is 28.4.